The molecule has 0 amide bonds. The number of hydrogen-bond acceptors (Lipinski definition) is 3. The van der Waals surface area contributed by atoms with E-state index in [9.17, 15) is 14.4 Å². The minimum absolute atomic E-state index is 0.0763. The molecule has 4 nitrogen and oxygen atoms in total. The number of fused-ring (bicyclic) bond motifs is 5. The fourth-order valence-corrected chi connectivity index (χ4v) is 8.65. The molecule has 4 rings (SSSR count). The predicted octanol–water partition coefficient (Wildman–Crippen LogP) is 4.89. The Morgan fingerprint density at radius 1 is 0.857 bits per heavy atom. The standard InChI is InChI=1S/C24H36O4/c1-14(20(25)21(26)22(27)28)17-9-10-18-16-8-7-15-6-4-5-12-23(15,2)19(16)11-13-24(17,18)3/h14-19H,4-13H2,1-3H3,(H,27,28)/t14-,15?,16-,17+,18-,19-,23-,24+/m0/s1. The number of rotatable bonds is 4. The van der Waals surface area contributed by atoms with Crippen LogP contribution in [0.15, 0.2) is 0 Å². The van der Waals surface area contributed by atoms with Crippen LogP contribution in [0.4, 0.5) is 0 Å². The molecular formula is C24H36O4. The lowest BCUT2D eigenvalue weighted by Gasteiger charge is -2.60. The third-order valence-electron chi connectivity index (χ3n) is 10.1. The van der Waals surface area contributed by atoms with Gasteiger partial charge in [0, 0.05) is 5.92 Å². The first kappa shape index (κ1) is 20.1. The first-order valence-corrected chi connectivity index (χ1v) is 11.5. The van der Waals surface area contributed by atoms with Crippen LogP contribution in [0.2, 0.25) is 0 Å². The highest BCUT2D eigenvalue weighted by Crippen LogP contribution is 2.68. The van der Waals surface area contributed by atoms with Gasteiger partial charge in [-0.1, -0.05) is 33.6 Å². The Bertz CT molecular complexity index is 684. The van der Waals surface area contributed by atoms with Crippen LogP contribution in [0.3, 0.4) is 0 Å². The fraction of sp³-hybridized carbons (Fsp3) is 0.875. The van der Waals surface area contributed by atoms with E-state index < -0.39 is 23.5 Å². The molecule has 0 heterocycles. The van der Waals surface area contributed by atoms with Gasteiger partial charge in [-0.3, -0.25) is 9.59 Å². The molecule has 0 spiro atoms. The average Bonchev–Trinajstić information content (AvgIpc) is 3.02. The molecule has 4 aliphatic rings. The summed E-state index contributed by atoms with van der Waals surface area (Å²) in [7, 11) is 0. The quantitative estimate of drug-likeness (QED) is 0.549. The van der Waals surface area contributed by atoms with Crippen molar-refractivity contribution in [1.82, 2.24) is 0 Å². The van der Waals surface area contributed by atoms with Gasteiger partial charge < -0.3 is 5.11 Å². The van der Waals surface area contributed by atoms with Crippen molar-refractivity contribution in [3.8, 4) is 0 Å². The van der Waals surface area contributed by atoms with Crippen LogP contribution in [0.1, 0.15) is 85.0 Å². The van der Waals surface area contributed by atoms with Crippen LogP contribution < -0.4 is 0 Å². The molecule has 0 bridgehead atoms. The maximum atomic E-state index is 12.5. The Balaban J connectivity index is 1.56. The van der Waals surface area contributed by atoms with Gasteiger partial charge in [0.1, 0.15) is 0 Å². The molecule has 8 atom stereocenters. The number of aliphatic carboxylic acids is 1. The van der Waals surface area contributed by atoms with Gasteiger partial charge in [-0.25, -0.2) is 4.79 Å². The lowest BCUT2D eigenvalue weighted by molar-refractivity contribution is -0.155. The van der Waals surface area contributed by atoms with Crippen molar-refractivity contribution in [1.29, 1.82) is 0 Å². The van der Waals surface area contributed by atoms with Crippen molar-refractivity contribution in [3.05, 3.63) is 0 Å². The third kappa shape index (κ3) is 2.81. The van der Waals surface area contributed by atoms with Gasteiger partial charge in [-0.05, 0) is 91.8 Å². The molecule has 1 unspecified atom stereocenters. The monoisotopic (exact) mass is 388 g/mol. The SMILES string of the molecule is C[C@H](C(=O)C(=O)C(=O)O)[C@H]1CC[C@H]2[C@@H]3CCC4CCCC[C@]4(C)[C@H]3CC[C@]12C. The van der Waals surface area contributed by atoms with Crippen LogP contribution >= 0.6 is 0 Å². The van der Waals surface area contributed by atoms with E-state index in [0.29, 0.717) is 11.3 Å². The summed E-state index contributed by atoms with van der Waals surface area (Å²) in [6, 6.07) is 0. The maximum absolute atomic E-state index is 12.5. The number of carboxylic acids is 1. The molecule has 4 heteroatoms. The van der Waals surface area contributed by atoms with E-state index in [0.717, 1.165) is 37.0 Å². The third-order valence-corrected chi connectivity index (χ3v) is 10.1. The second kappa shape index (κ2) is 6.95. The number of carbonyl (C=O) groups is 3. The molecule has 0 radical (unpaired) electrons. The molecule has 0 aromatic heterocycles. The van der Waals surface area contributed by atoms with E-state index in [1.165, 1.54) is 44.9 Å². The number of ketones is 2. The Morgan fingerprint density at radius 3 is 2.29 bits per heavy atom. The second-order valence-corrected chi connectivity index (χ2v) is 10.9. The normalized spacial score (nSPS) is 46.0. The molecule has 0 saturated heterocycles. The predicted molar refractivity (Wildman–Crippen MR) is 107 cm³/mol. The van der Waals surface area contributed by atoms with Gasteiger partial charge in [0.2, 0.25) is 5.78 Å². The van der Waals surface area contributed by atoms with Gasteiger partial charge in [-0.2, -0.15) is 0 Å². The van der Waals surface area contributed by atoms with Gasteiger partial charge >= 0.3 is 11.8 Å². The van der Waals surface area contributed by atoms with Crippen LogP contribution in [-0.2, 0) is 14.4 Å². The van der Waals surface area contributed by atoms with Crippen molar-refractivity contribution in [2.75, 3.05) is 0 Å². The van der Waals surface area contributed by atoms with Crippen molar-refractivity contribution in [2.45, 2.75) is 85.0 Å². The Morgan fingerprint density at radius 2 is 1.57 bits per heavy atom. The number of hydrogen-bond donors (Lipinski definition) is 1. The Labute approximate surface area is 168 Å². The maximum Gasteiger partial charge on any atom is 0.380 e. The zero-order valence-corrected chi connectivity index (χ0v) is 17.7. The van der Waals surface area contributed by atoms with Crippen LogP contribution in [-0.4, -0.2) is 22.6 Å². The van der Waals surface area contributed by atoms with Crippen molar-refractivity contribution >= 4 is 17.5 Å². The number of carboxylic acid groups (broad SMARTS) is 1. The van der Waals surface area contributed by atoms with E-state index in [4.69, 9.17) is 5.11 Å². The number of carbonyl (C=O) groups excluding carboxylic acids is 2. The fourth-order valence-electron chi connectivity index (χ4n) is 8.65. The number of Topliss-reactive ketones (excluding diaryl/α,β-unsaturated/α-hetero) is 2. The average molecular weight is 389 g/mol. The molecule has 4 saturated carbocycles. The molecule has 0 aromatic carbocycles. The molecule has 0 aromatic rings. The van der Waals surface area contributed by atoms with Crippen LogP contribution in [0.25, 0.3) is 0 Å². The molecule has 156 valence electrons. The zero-order chi connectivity index (χ0) is 20.3. The summed E-state index contributed by atoms with van der Waals surface area (Å²) in [6.07, 6.45) is 12.7. The topological polar surface area (TPSA) is 71.4 Å². The van der Waals surface area contributed by atoms with Gasteiger partial charge in [0.15, 0.2) is 0 Å². The summed E-state index contributed by atoms with van der Waals surface area (Å²) >= 11 is 0. The molecule has 4 aliphatic carbocycles. The minimum atomic E-state index is -1.61. The molecule has 0 aliphatic heterocycles. The summed E-state index contributed by atoms with van der Waals surface area (Å²) < 4.78 is 0. The van der Waals surface area contributed by atoms with E-state index in [-0.39, 0.29) is 11.3 Å². The van der Waals surface area contributed by atoms with Crippen LogP contribution in [0, 0.1) is 46.3 Å². The van der Waals surface area contributed by atoms with E-state index in [1.807, 2.05) is 0 Å². The largest absolute Gasteiger partial charge is 0.475 e. The Kier molecular flexibility index (Phi) is 4.99. The summed E-state index contributed by atoms with van der Waals surface area (Å²) in [5.74, 6) is -0.765. The summed E-state index contributed by atoms with van der Waals surface area (Å²) in [4.78, 5) is 35.3. The smallest absolute Gasteiger partial charge is 0.380 e. The van der Waals surface area contributed by atoms with Crippen molar-refractivity contribution in [2.24, 2.45) is 46.3 Å². The molecule has 1 N–H and O–H groups in total. The van der Waals surface area contributed by atoms with Gasteiger partial charge in [-0.15, -0.1) is 0 Å². The summed E-state index contributed by atoms with van der Waals surface area (Å²) in [5.41, 5.74) is 0.578. The lowest BCUT2D eigenvalue weighted by atomic mass is 9.44. The summed E-state index contributed by atoms with van der Waals surface area (Å²) in [5, 5.41) is 8.96. The zero-order valence-electron chi connectivity index (χ0n) is 17.7. The van der Waals surface area contributed by atoms with Crippen LogP contribution in [0.5, 0.6) is 0 Å². The Hall–Kier alpha value is -1.19. The van der Waals surface area contributed by atoms with E-state index in [2.05, 4.69) is 13.8 Å². The highest BCUT2D eigenvalue weighted by atomic mass is 16.4. The highest BCUT2D eigenvalue weighted by Gasteiger charge is 2.60. The minimum Gasteiger partial charge on any atom is -0.475 e. The van der Waals surface area contributed by atoms with Crippen molar-refractivity contribution in [3.63, 3.8) is 0 Å². The lowest BCUT2D eigenvalue weighted by Crippen LogP contribution is -2.53. The first-order chi connectivity index (χ1) is 13.2. The molecular weight excluding hydrogens is 352 g/mol. The van der Waals surface area contributed by atoms with Gasteiger partial charge in [0.05, 0.1) is 0 Å². The molecule has 4 fully saturated rings. The van der Waals surface area contributed by atoms with E-state index in [1.54, 1.807) is 6.92 Å². The van der Waals surface area contributed by atoms with E-state index >= 15 is 0 Å². The second-order valence-electron chi connectivity index (χ2n) is 10.9. The summed E-state index contributed by atoms with van der Waals surface area (Å²) in [6.45, 7) is 6.71. The van der Waals surface area contributed by atoms with Crippen molar-refractivity contribution < 1.29 is 19.5 Å². The highest BCUT2D eigenvalue weighted by molar-refractivity contribution is 6.62. The van der Waals surface area contributed by atoms with Gasteiger partial charge in [0.25, 0.3) is 0 Å². The first-order valence-electron chi connectivity index (χ1n) is 11.5. The molecule has 28 heavy (non-hydrogen) atoms.